The minimum Gasteiger partial charge on any atom is -0.258 e. The number of non-ortho nitro benzene ring substituents is 1. The molecule has 0 heterocycles. The van der Waals surface area contributed by atoms with Gasteiger partial charge in [0, 0.05) is 22.7 Å². The van der Waals surface area contributed by atoms with E-state index in [4.69, 9.17) is 11.6 Å². The Hall–Kier alpha value is -2.71. The third kappa shape index (κ3) is 3.44. The number of nitrogens with zero attached hydrogens (tertiary/aromatic N) is 2. The van der Waals surface area contributed by atoms with Crippen molar-refractivity contribution in [2.45, 2.75) is 0 Å². The lowest BCUT2D eigenvalue weighted by atomic mass is 10.0. The van der Waals surface area contributed by atoms with Gasteiger partial charge in [-0.2, -0.15) is 5.26 Å². The SMILES string of the molecule is N#C/C(=C/c1cc([N+](=O)[O-])ccc1Cl)c1cccc(F)c1. The molecule has 0 unspecified atom stereocenters. The topological polar surface area (TPSA) is 66.9 Å². The number of benzene rings is 2. The van der Waals surface area contributed by atoms with Crippen molar-refractivity contribution in [3.05, 3.63) is 74.5 Å². The van der Waals surface area contributed by atoms with Gasteiger partial charge >= 0.3 is 0 Å². The summed E-state index contributed by atoms with van der Waals surface area (Å²) in [4.78, 5) is 10.2. The highest BCUT2D eigenvalue weighted by Gasteiger charge is 2.10. The second-order valence-electron chi connectivity index (χ2n) is 4.14. The van der Waals surface area contributed by atoms with Gasteiger partial charge in [0.1, 0.15) is 5.82 Å². The standard InChI is InChI=1S/C15H8ClFN2O2/c16-15-5-4-14(19(20)21)8-11(15)6-12(9-18)10-2-1-3-13(17)7-10/h1-8H/b12-6-. The van der Waals surface area contributed by atoms with Gasteiger partial charge in [0.05, 0.1) is 16.6 Å². The summed E-state index contributed by atoms with van der Waals surface area (Å²) in [5.41, 5.74) is 0.728. The van der Waals surface area contributed by atoms with E-state index in [2.05, 4.69) is 0 Å². The molecule has 0 N–H and O–H groups in total. The fraction of sp³-hybridized carbons (Fsp3) is 0. The highest BCUT2D eigenvalue weighted by Crippen LogP contribution is 2.26. The molecule has 21 heavy (non-hydrogen) atoms. The predicted molar refractivity (Wildman–Crippen MR) is 78.0 cm³/mol. The number of hydrogen-bond donors (Lipinski definition) is 0. The average Bonchev–Trinajstić information content (AvgIpc) is 2.46. The van der Waals surface area contributed by atoms with Gasteiger partial charge in [-0.3, -0.25) is 10.1 Å². The molecular formula is C15H8ClFN2O2. The first-order valence-electron chi connectivity index (χ1n) is 5.83. The first kappa shape index (κ1) is 14.7. The van der Waals surface area contributed by atoms with Gasteiger partial charge in [-0.25, -0.2) is 4.39 Å². The van der Waals surface area contributed by atoms with Crippen LogP contribution in [0.3, 0.4) is 0 Å². The smallest absolute Gasteiger partial charge is 0.258 e. The van der Waals surface area contributed by atoms with Crippen molar-refractivity contribution in [3.63, 3.8) is 0 Å². The van der Waals surface area contributed by atoms with Crippen molar-refractivity contribution in [2.24, 2.45) is 0 Å². The Morgan fingerprint density at radius 2 is 2.10 bits per heavy atom. The van der Waals surface area contributed by atoms with E-state index in [0.717, 1.165) is 0 Å². The van der Waals surface area contributed by atoms with Gasteiger partial charge in [-0.15, -0.1) is 0 Å². The summed E-state index contributed by atoms with van der Waals surface area (Å²) in [6.45, 7) is 0. The largest absolute Gasteiger partial charge is 0.270 e. The summed E-state index contributed by atoms with van der Waals surface area (Å²) in [5, 5.41) is 20.2. The Morgan fingerprint density at radius 3 is 2.71 bits per heavy atom. The molecule has 0 aliphatic rings. The zero-order chi connectivity index (χ0) is 15.4. The third-order valence-corrected chi connectivity index (χ3v) is 3.09. The number of nitriles is 1. The van der Waals surface area contributed by atoms with Crippen LogP contribution in [-0.2, 0) is 0 Å². The molecule has 2 rings (SSSR count). The van der Waals surface area contributed by atoms with Gasteiger partial charge in [-0.1, -0.05) is 23.7 Å². The molecule has 2 aromatic carbocycles. The molecule has 0 amide bonds. The molecule has 0 aromatic heterocycles. The molecule has 0 radical (unpaired) electrons. The van der Waals surface area contributed by atoms with Crippen LogP contribution in [0.25, 0.3) is 11.6 Å². The molecule has 0 spiro atoms. The normalized spacial score (nSPS) is 11.0. The highest BCUT2D eigenvalue weighted by atomic mass is 35.5. The molecule has 0 bridgehead atoms. The highest BCUT2D eigenvalue weighted by molar-refractivity contribution is 6.32. The van der Waals surface area contributed by atoms with Crippen LogP contribution in [0, 0.1) is 27.3 Å². The predicted octanol–water partition coefficient (Wildman–Crippen LogP) is 4.45. The molecule has 0 fully saturated rings. The summed E-state index contributed by atoms with van der Waals surface area (Å²) in [5.74, 6) is -0.473. The van der Waals surface area contributed by atoms with Crippen molar-refractivity contribution < 1.29 is 9.31 Å². The van der Waals surface area contributed by atoms with Gasteiger partial charge in [0.25, 0.3) is 5.69 Å². The molecule has 0 aliphatic heterocycles. The maximum Gasteiger partial charge on any atom is 0.270 e. The quantitative estimate of drug-likeness (QED) is 0.364. The molecule has 0 saturated heterocycles. The zero-order valence-corrected chi connectivity index (χ0v) is 11.3. The van der Waals surface area contributed by atoms with E-state index in [0.29, 0.717) is 11.1 Å². The molecular weight excluding hydrogens is 295 g/mol. The number of allylic oxidation sites excluding steroid dienone is 1. The average molecular weight is 303 g/mol. The minimum atomic E-state index is -0.554. The first-order valence-corrected chi connectivity index (χ1v) is 6.21. The Kier molecular flexibility index (Phi) is 4.31. The number of nitro benzene ring substituents is 1. The van der Waals surface area contributed by atoms with Crippen molar-refractivity contribution >= 4 is 28.9 Å². The second kappa shape index (κ2) is 6.16. The van der Waals surface area contributed by atoms with Crippen LogP contribution in [0.5, 0.6) is 0 Å². The van der Waals surface area contributed by atoms with E-state index in [1.165, 1.54) is 42.5 Å². The molecule has 6 heteroatoms. The molecule has 2 aromatic rings. The van der Waals surface area contributed by atoms with E-state index >= 15 is 0 Å². The number of rotatable bonds is 3. The maximum atomic E-state index is 13.2. The molecule has 4 nitrogen and oxygen atoms in total. The van der Waals surface area contributed by atoms with Crippen molar-refractivity contribution in [1.29, 1.82) is 5.26 Å². The minimum absolute atomic E-state index is 0.137. The number of halogens is 2. The lowest BCUT2D eigenvalue weighted by Crippen LogP contribution is -1.89. The summed E-state index contributed by atoms with van der Waals surface area (Å²) < 4.78 is 13.2. The van der Waals surface area contributed by atoms with E-state index in [1.807, 2.05) is 6.07 Å². The Labute approximate surface area is 124 Å². The molecule has 0 atom stereocenters. The van der Waals surface area contributed by atoms with Crippen LogP contribution in [0.1, 0.15) is 11.1 Å². The van der Waals surface area contributed by atoms with Crippen LogP contribution in [0.2, 0.25) is 5.02 Å². The fourth-order valence-corrected chi connectivity index (χ4v) is 1.92. The Balaban J connectivity index is 2.53. The molecule has 104 valence electrons. The number of nitro groups is 1. The van der Waals surface area contributed by atoms with Gasteiger partial charge < -0.3 is 0 Å². The molecule has 0 aliphatic carbocycles. The monoisotopic (exact) mass is 302 g/mol. The van der Waals surface area contributed by atoms with Crippen LogP contribution in [0.15, 0.2) is 42.5 Å². The van der Waals surface area contributed by atoms with Gasteiger partial charge in [0.2, 0.25) is 0 Å². The zero-order valence-electron chi connectivity index (χ0n) is 10.6. The molecule has 0 saturated carbocycles. The summed E-state index contributed by atoms with van der Waals surface area (Å²) in [6.07, 6.45) is 1.39. The van der Waals surface area contributed by atoms with Gasteiger partial charge in [0.15, 0.2) is 0 Å². The third-order valence-electron chi connectivity index (χ3n) is 2.75. The van der Waals surface area contributed by atoms with E-state index in [9.17, 15) is 19.8 Å². The van der Waals surface area contributed by atoms with Crippen LogP contribution in [0.4, 0.5) is 10.1 Å². The van der Waals surface area contributed by atoms with E-state index < -0.39 is 10.7 Å². The fourth-order valence-electron chi connectivity index (χ4n) is 1.75. The van der Waals surface area contributed by atoms with Crippen LogP contribution < -0.4 is 0 Å². The lowest BCUT2D eigenvalue weighted by molar-refractivity contribution is -0.384. The van der Waals surface area contributed by atoms with Crippen molar-refractivity contribution in [1.82, 2.24) is 0 Å². The van der Waals surface area contributed by atoms with E-state index in [-0.39, 0.29) is 16.3 Å². The Bertz CT molecular complexity index is 781. The van der Waals surface area contributed by atoms with Crippen LogP contribution >= 0.6 is 11.6 Å². The second-order valence-corrected chi connectivity index (χ2v) is 4.55. The van der Waals surface area contributed by atoms with Gasteiger partial charge in [-0.05, 0) is 29.8 Å². The Morgan fingerprint density at radius 1 is 1.33 bits per heavy atom. The first-order chi connectivity index (χ1) is 10.0. The van der Waals surface area contributed by atoms with Crippen molar-refractivity contribution in [2.75, 3.05) is 0 Å². The number of hydrogen-bond acceptors (Lipinski definition) is 3. The maximum absolute atomic E-state index is 13.2. The summed E-state index contributed by atoms with van der Waals surface area (Å²) in [7, 11) is 0. The van der Waals surface area contributed by atoms with Crippen LogP contribution in [-0.4, -0.2) is 4.92 Å². The van der Waals surface area contributed by atoms with Crippen molar-refractivity contribution in [3.8, 4) is 6.07 Å². The summed E-state index contributed by atoms with van der Waals surface area (Å²) >= 11 is 5.97. The summed E-state index contributed by atoms with van der Waals surface area (Å²) in [6, 6.07) is 11.4. The van der Waals surface area contributed by atoms with E-state index in [1.54, 1.807) is 6.07 Å². The lowest BCUT2D eigenvalue weighted by Gasteiger charge is -2.02.